The Morgan fingerprint density at radius 3 is 2.17 bits per heavy atom. The zero-order valence-corrected chi connectivity index (χ0v) is 12.2. The van der Waals surface area contributed by atoms with E-state index >= 15 is 0 Å². The van der Waals surface area contributed by atoms with Crippen molar-refractivity contribution in [2.24, 2.45) is 5.41 Å². The van der Waals surface area contributed by atoms with Crippen LogP contribution in [0.4, 0.5) is 0 Å². The Morgan fingerprint density at radius 1 is 1.06 bits per heavy atom. The van der Waals surface area contributed by atoms with Crippen molar-refractivity contribution in [1.82, 2.24) is 5.32 Å². The van der Waals surface area contributed by atoms with Crippen LogP contribution in [0.15, 0.2) is 30.3 Å². The van der Waals surface area contributed by atoms with Gasteiger partial charge in [0.05, 0.1) is 12.1 Å². The summed E-state index contributed by atoms with van der Waals surface area (Å²) in [4.78, 5) is 0. The first-order chi connectivity index (χ1) is 8.37. The van der Waals surface area contributed by atoms with E-state index in [9.17, 15) is 5.11 Å². The molecule has 2 N–H and O–H groups in total. The normalized spacial score (nSPS) is 15.4. The summed E-state index contributed by atoms with van der Waals surface area (Å²) >= 11 is 0. The number of nitrogens with one attached hydrogen (secondary N) is 1. The van der Waals surface area contributed by atoms with Gasteiger partial charge in [-0.15, -0.1) is 0 Å². The van der Waals surface area contributed by atoms with E-state index in [1.807, 2.05) is 18.2 Å². The maximum absolute atomic E-state index is 9.64. The van der Waals surface area contributed by atoms with Crippen LogP contribution in [0.2, 0.25) is 0 Å². The molecule has 102 valence electrons. The summed E-state index contributed by atoms with van der Waals surface area (Å²) in [5, 5.41) is 13.1. The summed E-state index contributed by atoms with van der Waals surface area (Å²) in [6.07, 6.45) is 2.32. The molecule has 0 saturated heterocycles. The van der Waals surface area contributed by atoms with Crippen LogP contribution in [0.25, 0.3) is 0 Å². The van der Waals surface area contributed by atoms with Crippen molar-refractivity contribution in [3.63, 3.8) is 0 Å². The highest BCUT2D eigenvalue weighted by Crippen LogP contribution is 2.22. The second kappa shape index (κ2) is 6.35. The average Bonchev–Trinajstić information content (AvgIpc) is 2.34. The number of rotatable bonds is 6. The van der Waals surface area contributed by atoms with Gasteiger partial charge < -0.3 is 10.4 Å². The Balaban J connectivity index is 2.52. The van der Waals surface area contributed by atoms with Crippen LogP contribution in [0.3, 0.4) is 0 Å². The molecule has 0 spiro atoms. The van der Waals surface area contributed by atoms with E-state index in [-0.39, 0.29) is 12.1 Å². The van der Waals surface area contributed by atoms with E-state index in [1.165, 1.54) is 6.42 Å². The van der Waals surface area contributed by atoms with Crippen LogP contribution < -0.4 is 5.32 Å². The van der Waals surface area contributed by atoms with Gasteiger partial charge in [0.15, 0.2) is 0 Å². The number of aliphatic hydroxyl groups is 1. The number of benzene rings is 1. The van der Waals surface area contributed by atoms with E-state index in [2.05, 4.69) is 45.1 Å². The molecule has 0 radical (unpaired) electrons. The molecule has 2 nitrogen and oxygen atoms in total. The Bertz CT molecular complexity index is 342. The molecular formula is C16H27NO. The third kappa shape index (κ3) is 4.79. The fraction of sp³-hybridized carbons (Fsp3) is 0.625. The molecule has 2 heteroatoms. The van der Waals surface area contributed by atoms with Gasteiger partial charge in [0, 0.05) is 0 Å². The van der Waals surface area contributed by atoms with E-state index in [1.54, 1.807) is 0 Å². The highest BCUT2D eigenvalue weighted by molar-refractivity contribution is 5.23. The number of aliphatic hydroxyl groups excluding tert-OH is 1. The zero-order chi connectivity index (χ0) is 13.6. The third-order valence-electron chi connectivity index (χ3n) is 3.35. The smallest absolute Gasteiger partial charge is 0.0652 e. The molecule has 1 unspecified atom stereocenters. The minimum absolute atomic E-state index is 0.118. The fourth-order valence-corrected chi connectivity index (χ4v) is 2.04. The van der Waals surface area contributed by atoms with Crippen LogP contribution in [-0.2, 0) is 5.54 Å². The van der Waals surface area contributed by atoms with Gasteiger partial charge in [-0.05, 0) is 37.3 Å². The standard InChI is InChI=1S/C16H27NO/c1-15(2,3)11-8-12-17-16(4,13-18)14-9-6-5-7-10-14/h5-7,9-10,17-18H,8,11-13H2,1-4H3. The first-order valence-corrected chi connectivity index (χ1v) is 6.79. The molecule has 0 heterocycles. The van der Waals surface area contributed by atoms with Gasteiger partial charge in [-0.1, -0.05) is 51.1 Å². The molecule has 18 heavy (non-hydrogen) atoms. The minimum atomic E-state index is -0.334. The van der Waals surface area contributed by atoms with Crippen molar-refractivity contribution in [1.29, 1.82) is 0 Å². The minimum Gasteiger partial charge on any atom is -0.394 e. The summed E-state index contributed by atoms with van der Waals surface area (Å²) in [6.45, 7) is 9.88. The second-order valence-corrected chi connectivity index (χ2v) is 6.45. The lowest BCUT2D eigenvalue weighted by atomic mass is 9.89. The summed E-state index contributed by atoms with van der Waals surface area (Å²) in [7, 11) is 0. The number of hydrogen-bond acceptors (Lipinski definition) is 2. The largest absolute Gasteiger partial charge is 0.394 e. The van der Waals surface area contributed by atoms with Crippen LogP contribution in [0.5, 0.6) is 0 Å². The van der Waals surface area contributed by atoms with Gasteiger partial charge >= 0.3 is 0 Å². The molecular weight excluding hydrogens is 222 g/mol. The highest BCUT2D eigenvalue weighted by atomic mass is 16.3. The van der Waals surface area contributed by atoms with E-state index in [0.29, 0.717) is 5.41 Å². The van der Waals surface area contributed by atoms with E-state index in [0.717, 1.165) is 18.5 Å². The maximum Gasteiger partial charge on any atom is 0.0652 e. The van der Waals surface area contributed by atoms with Gasteiger partial charge in [0.25, 0.3) is 0 Å². The predicted molar refractivity (Wildman–Crippen MR) is 77.6 cm³/mol. The Labute approximate surface area is 111 Å². The van der Waals surface area contributed by atoms with Gasteiger partial charge in [-0.25, -0.2) is 0 Å². The summed E-state index contributed by atoms with van der Waals surface area (Å²) in [6, 6.07) is 10.2. The van der Waals surface area contributed by atoms with Crippen molar-refractivity contribution in [3.05, 3.63) is 35.9 Å². The van der Waals surface area contributed by atoms with Crippen LogP contribution in [0.1, 0.15) is 46.1 Å². The first-order valence-electron chi connectivity index (χ1n) is 6.79. The Morgan fingerprint density at radius 2 is 1.67 bits per heavy atom. The average molecular weight is 249 g/mol. The van der Waals surface area contributed by atoms with Crippen molar-refractivity contribution in [2.75, 3.05) is 13.2 Å². The van der Waals surface area contributed by atoms with Gasteiger partial charge in [-0.2, -0.15) is 0 Å². The lowest BCUT2D eigenvalue weighted by molar-refractivity contribution is 0.173. The van der Waals surface area contributed by atoms with E-state index in [4.69, 9.17) is 0 Å². The lowest BCUT2D eigenvalue weighted by Gasteiger charge is -2.30. The summed E-state index contributed by atoms with van der Waals surface area (Å²) in [5.41, 5.74) is 1.19. The quantitative estimate of drug-likeness (QED) is 0.758. The molecule has 0 saturated carbocycles. The van der Waals surface area contributed by atoms with Crippen molar-refractivity contribution in [2.45, 2.75) is 46.1 Å². The molecule has 0 amide bonds. The Kier molecular flexibility index (Phi) is 5.36. The van der Waals surface area contributed by atoms with Crippen LogP contribution in [0, 0.1) is 5.41 Å². The molecule has 1 rings (SSSR count). The van der Waals surface area contributed by atoms with Crippen molar-refractivity contribution < 1.29 is 5.11 Å². The topological polar surface area (TPSA) is 32.3 Å². The number of hydrogen-bond donors (Lipinski definition) is 2. The molecule has 0 aliphatic rings. The van der Waals surface area contributed by atoms with Crippen molar-refractivity contribution >= 4 is 0 Å². The molecule has 0 bridgehead atoms. The molecule has 1 aromatic carbocycles. The highest BCUT2D eigenvalue weighted by Gasteiger charge is 2.24. The molecule has 1 atom stereocenters. The lowest BCUT2D eigenvalue weighted by Crippen LogP contribution is -2.43. The molecule has 0 aliphatic carbocycles. The van der Waals surface area contributed by atoms with Gasteiger partial charge in [-0.3, -0.25) is 0 Å². The molecule has 0 fully saturated rings. The van der Waals surface area contributed by atoms with Crippen LogP contribution >= 0.6 is 0 Å². The van der Waals surface area contributed by atoms with E-state index < -0.39 is 0 Å². The van der Waals surface area contributed by atoms with Gasteiger partial charge in [0.1, 0.15) is 0 Å². The molecule has 1 aromatic rings. The predicted octanol–water partition coefficient (Wildman–Crippen LogP) is 3.31. The zero-order valence-electron chi connectivity index (χ0n) is 12.2. The summed E-state index contributed by atoms with van der Waals surface area (Å²) < 4.78 is 0. The second-order valence-electron chi connectivity index (χ2n) is 6.45. The SMILES string of the molecule is CC(C)(C)CCCNC(C)(CO)c1ccccc1. The Hall–Kier alpha value is -0.860. The molecule has 0 aliphatic heterocycles. The summed E-state index contributed by atoms with van der Waals surface area (Å²) in [5.74, 6) is 0. The van der Waals surface area contributed by atoms with Crippen molar-refractivity contribution in [3.8, 4) is 0 Å². The molecule has 0 aromatic heterocycles. The van der Waals surface area contributed by atoms with Crippen LogP contribution in [-0.4, -0.2) is 18.3 Å². The fourth-order valence-electron chi connectivity index (χ4n) is 2.04. The third-order valence-corrected chi connectivity index (χ3v) is 3.35. The van der Waals surface area contributed by atoms with Gasteiger partial charge in [0.2, 0.25) is 0 Å². The maximum atomic E-state index is 9.64. The first kappa shape index (κ1) is 15.2. The monoisotopic (exact) mass is 249 g/mol.